The Balaban J connectivity index is 1.62. The first-order chi connectivity index (χ1) is 13.2. The van der Waals surface area contributed by atoms with Crippen molar-refractivity contribution in [3.8, 4) is 10.7 Å². The van der Waals surface area contributed by atoms with E-state index in [1.807, 2.05) is 24.3 Å². The molecule has 0 spiro atoms. The van der Waals surface area contributed by atoms with Crippen LogP contribution in [0.5, 0.6) is 0 Å². The first-order valence-corrected chi connectivity index (χ1v) is 10.3. The Morgan fingerprint density at radius 3 is 2.50 bits per heavy atom. The summed E-state index contributed by atoms with van der Waals surface area (Å²) in [5.41, 5.74) is 1.68. The van der Waals surface area contributed by atoms with E-state index < -0.39 is 0 Å². The highest BCUT2D eigenvalue weighted by Crippen LogP contribution is 2.31. The topological polar surface area (TPSA) is 79.8 Å². The van der Waals surface area contributed by atoms with Crippen LogP contribution < -0.4 is 10.6 Å². The summed E-state index contributed by atoms with van der Waals surface area (Å²) in [6.45, 7) is 8.67. The molecule has 2 N–H and O–H groups in total. The number of carbonyl (C=O) groups excluding carboxylic acids is 1. The summed E-state index contributed by atoms with van der Waals surface area (Å²) in [5, 5.41) is 7.54. The van der Waals surface area contributed by atoms with Crippen LogP contribution in [0, 0.1) is 0 Å². The van der Waals surface area contributed by atoms with Crippen molar-refractivity contribution < 1.29 is 4.79 Å². The van der Waals surface area contributed by atoms with E-state index in [2.05, 4.69) is 53.3 Å². The van der Waals surface area contributed by atoms with Gasteiger partial charge in [-0.05, 0) is 52.7 Å². The Morgan fingerprint density at radius 2 is 1.79 bits per heavy atom. The second-order valence-corrected chi connectivity index (χ2v) is 9.74. The summed E-state index contributed by atoms with van der Waals surface area (Å²) < 4.78 is 1.07. The van der Waals surface area contributed by atoms with E-state index in [0.717, 1.165) is 23.1 Å². The Hall–Kier alpha value is -2.38. The molecule has 146 valence electrons. The highest BCUT2D eigenvalue weighted by Gasteiger charge is 2.38. The largest absolute Gasteiger partial charge is 0.348 e. The summed E-state index contributed by atoms with van der Waals surface area (Å²) in [6.07, 6.45) is 4.88. The molecular weight excluding hydrogens is 370 g/mol. The van der Waals surface area contributed by atoms with Gasteiger partial charge < -0.3 is 10.6 Å². The van der Waals surface area contributed by atoms with Crippen LogP contribution in [-0.2, 0) is 0 Å². The first kappa shape index (κ1) is 19.0. The number of benzene rings is 1. The number of fused-ring (bicyclic) bond motifs is 1. The zero-order valence-electron chi connectivity index (χ0n) is 16.6. The molecule has 3 aromatic rings. The molecular formula is C21H25N5OS. The van der Waals surface area contributed by atoms with Crippen molar-refractivity contribution in [1.29, 1.82) is 0 Å². The number of piperidine rings is 1. The van der Waals surface area contributed by atoms with Crippen LogP contribution in [0.25, 0.3) is 20.9 Å². The third-order valence-corrected chi connectivity index (χ3v) is 5.98. The van der Waals surface area contributed by atoms with Crippen LogP contribution in [0.4, 0.5) is 0 Å². The third kappa shape index (κ3) is 3.91. The average Bonchev–Trinajstić information content (AvgIpc) is 3.03. The van der Waals surface area contributed by atoms with E-state index in [1.165, 1.54) is 11.3 Å². The van der Waals surface area contributed by atoms with Crippen molar-refractivity contribution in [2.75, 3.05) is 0 Å². The predicted molar refractivity (Wildman–Crippen MR) is 112 cm³/mol. The van der Waals surface area contributed by atoms with E-state index in [9.17, 15) is 4.79 Å². The van der Waals surface area contributed by atoms with Gasteiger partial charge in [0.1, 0.15) is 10.7 Å². The van der Waals surface area contributed by atoms with Gasteiger partial charge in [0.15, 0.2) is 5.69 Å². The lowest BCUT2D eigenvalue weighted by molar-refractivity contribution is 0.0868. The van der Waals surface area contributed by atoms with Crippen molar-refractivity contribution in [3.63, 3.8) is 0 Å². The van der Waals surface area contributed by atoms with Crippen LogP contribution in [0.2, 0.25) is 0 Å². The van der Waals surface area contributed by atoms with E-state index in [-0.39, 0.29) is 23.0 Å². The van der Waals surface area contributed by atoms with Crippen LogP contribution >= 0.6 is 11.3 Å². The molecule has 0 aliphatic carbocycles. The summed E-state index contributed by atoms with van der Waals surface area (Å²) in [4.78, 5) is 26.5. The molecule has 0 radical (unpaired) electrons. The zero-order chi connectivity index (χ0) is 19.9. The summed E-state index contributed by atoms with van der Waals surface area (Å²) >= 11 is 1.52. The number of hydrogen-bond acceptors (Lipinski definition) is 6. The molecule has 1 aliphatic heterocycles. The molecule has 3 heterocycles. The van der Waals surface area contributed by atoms with Gasteiger partial charge >= 0.3 is 0 Å². The lowest BCUT2D eigenvalue weighted by Crippen LogP contribution is -2.62. The van der Waals surface area contributed by atoms with Gasteiger partial charge in [-0.1, -0.05) is 12.1 Å². The molecule has 0 atom stereocenters. The number of carbonyl (C=O) groups is 1. The monoisotopic (exact) mass is 395 g/mol. The normalized spacial score (nSPS) is 18.9. The van der Waals surface area contributed by atoms with Crippen LogP contribution in [0.1, 0.15) is 51.0 Å². The number of nitrogens with zero attached hydrogens (tertiary/aromatic N) is 3. The molecule has 0 saturated carbocycles. The Morgan fingerprint density at radius 1 is 1.11 bits per heavy atom. The van der Waals surface area contributed by atoms with Crippen molar-refractivity contribution in [2.24, 2.45) is 0 Å². The molecule has 1 saturated heterocycles. The number of thiazole rings is 1. The molecule has 1 amide bonds. The Bertz CT molecular complexity index is 977. The second-order valence-electron chi connectivity index (χ2n) is 8.71. The summed E-state index contributed by atoms with van der Waals surface area (Å²) in [5.74, 6) is -0.194. The van der Waals surface area contributed by atoms with Crippen molar-refractivity contribution >= 4 is 27.5 Å². The molecule has 4 rings (SSSR count). The van der Waals surface area contributed by atoms with Gasteiger partial charge in [0.05, 0.1) is 10.2 Å². The fourth-order valence-corrected chi connectivity index (χ4v) is 5.28. The molecule has 1 fully saturated rings. The molecule has 28 heavy (non-hydrogen) atoms. The molecule has 6 nitrogen and oxygen atoms in total. The van der Waals surface area contributed by atoms with Gasteiger partial charge in [-0.3, -0.25) is 4.79 Å². The highest BCUT2D eigenvalue weighted by atomic mass is 32.1. The van der Waals surface area contributed by atoms with Crippen molar-refractivity contribution in [2.45, 2.75) is 57.7 Å². The molecule has 1 aliphatic rings. The minimum atomic E-state index is -0.194. The first-order valence-electron chi connectivity index (χ1n) is 9.50. The maximum absolute atomic E-state index is 13.1. The van der Waals surface area contributed by atoms with Crippen LogP contribution in [-0.4, -0.2) is 38.0 Å². The second kappa shape index (κ2) is 6.90. The fraction of sp³-hybridized carbons (Fsp3) is 0.429. The highest BCUT2D eigenvalue weighted by molar-refractivity contribution is 7.21. The SMILES string of the molecule is CC1(C)CC(NC(=O)c2nccnc2-c2nc3ccccc3s2)CC(C)(C)N1. The Kier molecular flexibility index (Phi) is 4.67. The van der Waals surface area contributed by atoms with E-state index >= 15 is 0 Å². The molecule has 1 aromatic carbocycles. The number of rotatable bonds is 3. The quantitative estimate of drug-likeness (QED) is 0.705. The lowest BCUT2D eigenvalue weighted by atomic mass is 9.79. The molecule has 7 heteroatoms. The van der Waals surface area contributed by atoms with Gasteiger partial charge in [-0.2, -0.15) is 0 Å². The lowest BCUT2D eigenvalue weighted by Gasteiger charge is -2.46. The van der Waals surface area contributed by atoms with Crippen molar-refractivity contribution in [3.05, 3.63) is 42.4 Å². The van der Waals surface area contributed by atoms with E-state index in [4.69, 9.17) is 0 Å². The predicted octanol–water partition coefficient (Wildman–Crippen LogP) is 3.79. The van der Waals surface area contributed by atoms with Crippen LogP contribution in [0.15, 0.2) is 36.7 Å². The number of aromatic nitrogens is 3. The summed E-state index contributed by atoms with van der Waals surface area (Å²) in [7, 11) is 0. The van der Waals surface area contributed by atoms with Gasteiger partial charge in [0.2, 0.25) is 0 Å². The van der Waals surface area contributed by atoms with Crippen LogP contribution in [0.3, 0.4) is 0 Å². The molecule has 0 unspecified atom stereocenters. The minimum absolute atomic E-state index is 0.0437. The van der Waals surface area contributed by atoms with E-state index in [0.29, 0.717) is 16.4 Å². The zero-order valence-corrected chi connectivity index (χ0v) is 17.4. The molecule has 0 bridgehead atoms. The third-order valence-electron chi connectivity index (χ3n) is 4.94. The average molecular weight is 396 g/mol. The number of amides is 1. The van der Waals surface area contributed by atoms with Crippen molar-refractivity contribution in [1.82, 2.24) is 25.6 Å². The van der Waals surface area contributed by atoms with E-state index in [1.54, 1.807) is 12.4 Å². The Labute approximate surface area is 168 Å². The van der Waals surface area contributed by atoms with Gasteiger partial charge in [-0.15, -0.1) is 11.3 Å². The maximum atomic E-state index is 13.1. The summed E-state index contributed by atoms with van der Waals surface area (Å²) in [6, 6.07) is 7.99. The molecule has 2 aromatic heterocycles. The smallest absolute Gasteiger partial charge is 0.272 e. The fourth-order valence-electron chi connectivity index (χ4n) is 4.31. The number of para-hydroxylation sites is 1. The maximum Gasteiger partial charge on any atom is 0.272 e. The minimum Gasteiger partial charge on any atom is -0.348 e. The number of nitrogens with one attached hydrogen (secondary N) is 2. The standard InChI is InChI=1S/C21H25N5OS/c1-20(2)11-13(12-21(3,4)26-20)24-18(27)16-17(23-10-9-22-16)19-25-14-7-5-6-8-15(14)28-19/h5-10,13,26H,11-12H2,1-4H3,(H,24,27). The number of hydrogen-bond donors (Lipinski definition) is 2. The van der Waals surface area contributed by atoms with Gasteiger partial charge in [0.25, 0.3) is 5.91 Å². The van der Waals surface area contributed by atoms with Gasteiger partial charge in [0, 0.05) is 29.5 Å². The van der Waals surface area contributed by atoms with Gasteiger partial charge in [-0.25, -0.2) is 15.0 Å².